The minimum Gasteiger partial charge on any atom is -0.376 e. The highest BCUT2D eigenvalue weighted by atomic mass is 127. The van der Waals surface area contributed by atoms with Gasteiger partial charge in [0.05, 0.1) is 11.7 Å². The number of rotatable bonds is 5. The van der Waals surface area contributed by atoms with Gasteiger partial charge in [-0.3, -0.25) is 0 Å². The van der Waals surface area contributed by atoms with Crippen molar-refractivity contribution in [3.8, 4) is 0 Å². The number of aromatic nitrogens is 3. The molecule has 2 saturated heterocycles. The zero-order chi connectivity index (χ0) is 19.4. The molecule has 1 aromatic rings. The van der Waals surface area contributed by atoms with Gasteiger partial charge < -0.3 is 24.7 Å². The maximum Gasteiger partial charge on any atom is 0.192 e. The van der Waals surface area contributed by atoms with E-state index in [1.165, 1.54) is 25.7 Å². The molecule has 1 aliphatic carbocycles. The maximum atomic E-state index is 6.19. The summed E-state index contributed by atoms with van der Waals surface area (Å²) < 4.78 is 13.9. The van der Waals surface area contributed by atoms with E-state index in [2.05, 4.69) is 20.8 Å². The Morgan fingerprint density at radius 3 is 2.72 bits per heavy atom. The highest BCUT2D eigenvalue weighted by Gasteiger charge is 2.40. The molecule has 2 atom stereocenters. The van der Waals surface area contributed by atoms with Gasteiger partial charge >= 0.3 is 0 Å². The molecule has 29 heavy (non-hydrogen) atoms. The molecule has 0 aromatic carbocycles. The number of aliphatic imine (C=N–C) groups is 1. The smallest absolute Gasteiger partial charge is 0.192 e. The van der Waals surface area contributed by atoms with Crippen LogP contribution in [0.15, 0.2) is 4.99 Å². The van der Waals surface area contributed by atoms with Crippen LogP contribution in [0.5, 0.6) is 0 Å². The monoisotopic (exact) mass is 518 g/mol. The van der Waals surface area contributed by atoms with E-state index in [9.17, 15) is 0 Å². The minimum absolute atomic E-state index is 0. The normalized spacial score (nSPS) is 26.5. The second-order valence-electron chi connectivity index (χ2n) is 8.48. The molecule has 3 fully saturated rings. The fraction of sp³-hybridized carbons (Fsp3) is 0.850. The summed E-state index contributed by atoms with van der Waals surface area (Å²) in [6, 6.07) is 0.392. The van der Waals surface area contributed by atoms with Crippen LogP contribution in [0.4, 0.5) is 0 Å². The van der Waals surface area contributed by atoms with Crippen LogP contribution in [0.2, 0.25) is 0 Å². The lowest BCUT2D eigenvalue weighted by Gasteiger charge is -2.39. The van der Waals surface area contributed by atoms with Gasteiger partial charge in [-0.25, -0.2) is 4.99 Å². The number of hydrogen-bond donors (Lipinski definition) is 2. The lowest BCUT2D eigenvalue weighted by Crippen LogP contribution is -2.51. The molecule has 0 bridgehead atoms. The molecule has 2 aliphatic heterocycles. The van der Waals surface area contributed by atoms with E-state index in [0.717, 1.165) is 63.1 Å². The molecular formula is C20H35IN6O2. The van der Waals surface area contributed by atoms with Crippen molar-refractivity contribution in [3.05, 3.63) is 11.6 Å². The van der Waals surface area contributed by atoms with Crippen molar-refractivity contribution in [2.75, 3.05) is 19.8 Å². The molecule has 1 spiro atoms. The third-order valence-corrected chi connectivity index (χ3v) is 6.43. The van der Waals surface area contributed by atoms with Gasteiger partial charge in [-0.15, -0.1) is 34.2 Å². The number of nitrogens with one attached hydrogen (secondary N) is 2. The van der Waals surface area contributed by atoms with Crippen LogP contribution in [-0.4, -0.2) is 58.2 Å². The summed E-state index contributed by atoms with van der Waals surface area (Å²) in [5.74, 6) is 2.62. The zero-order valence-electron chi connectivity index (χ0n) is 17.7. The first-order chi connectivity index (χ1) is 13.6. The molecule has 3 heterocycles. The Kier molecular flexibility index (Phi) is 8.15. The zero-order valence-corrected chi connectivity index (χ0v) is 20.0. The Bertz CT molecular complexity index is 683. The average Bonchev–Trinajstić information content (AvgIpc) is 3.43. The Balaban J connectivity index is 0.00000240. The predicted molar refractivity (Wildman–Crippen MR) is 123 cm³/mol. The summed E-state index contributed by atoms with van der Waals surface area (Å²) in [5, 5.41) is 15.5. The van der Waals surface area contributed by atoms with E-state index in [1.807, 2.05) is 18.5 Å². The number of halogens is 1. The van der Waals surface area contributed by atoms with Crippen molar-refractivity contribution >= 4 is 29.9 Å². The van der Waals surface area contributed by atoms with E-state index in [-0.39, 0.29) is 35.7 Å². The number of guanidine groups is 1. The summed E-state index contributed by atoms with van der Waals surface area (Å²) in [4.78, 5) is 4.81. The van der Waals surface area contributed by atoms with Gasteiger partial charge in [-0.1, -0.05) is 12.8 Å². The number of nitrogens with zero attached hydrogens (tertiary/aromatic N) is 4. The topological polar surface area (TPSA) is 85.6 Å². The Hall–Kier alpha value is -0.940. The molecule has 0 radical (unpaired) electrons. The maximum absolute atomic E-state index is 6.19. The Morgan fingerprint density at radius 2 is 2.03 bits per heavy atom. The summed E-state index contributed by atoms with van der Waals surface area (Å²) >= 11 is 0. The first-order valence-corrected chi connectivity index (χ1v) is 10.8. The van der Waals surface area contributed by atoms with E-state index < -0.39 is 0 Å². The van der Waals surface area contributed by atoms with Crippen molar-refractivity contribution in [1.82, 2.24) is 25.4 Å². The molecule has 9 heteroatoms. The Labute approximate surface area is 190 Å². The van der Waals surface area contributed by atoms with Crippen LogP contribution in [0.25, 0.3) is 0 Å². The highest BCUT2D eigenvalue weighted by Crippen LogP contribution is 2.39. The van der Waals surface area contributed by atoms with E-state index in [0.29, 0.717) is 12.6 Å². The van der Waals surface area contributed by atoms with Gasteiger partial charge in [0.2, 0.25) is 0 Å². The molecule has 3 aliphatic rings. The summed E-state index contributed by atoms with van der Waals surface area (Å²) in [6.45, 7) is 4.95. The number of aryl methyl sites for hydroxylation is 1. The van der Waals surface area contributed by atoms with Crippen molar-refractivity contribution in [3.63, 3.8) is 0 Å². The van der Waals surface area contributed by atoms with Crippen LogP contribution in [0.1, 0.15) is 63.0 Å². The van der Waals surface area contributed by atoms with Crippen molar-refractivity contribution < 1.29 is 9.47 Å². The van der Waals surface area contributed by atoms with Crippen LogP contribution >= 0.6 is 24.0 Å². The minimum atomic E-state index is 0. The molecule has 1 saturated carbocycles. The molecule has 8 nitrogen and oxygen atoms in total. The largest absolute Gasteiger partial charge is 0.376 e. The van der Waals surface area contributed by atoms with Gasteiger partial charge in [0.15, 0.2) is 11.8 Å². The van der Waals surface area contributed by atoms with E-state index in [4.69, 9.17) is 14.5 Å². The van der Waals surface area contributed by atoms with E-state index >= 15 is 0 Å². The second kappa shape index (κ2) is 10.4. The third kappa shape index (κ3) is 5.81. The molecule has 2 unspecified atom stereocenters. The van der Waals surface area contributed by atoms with Crippen molar-refractivity contribution in [1.29, 1.82) is 0 Å². The second-order valence-corrected chi connectivity index (χ2v) is 8.48. The standard InChI is InChI=1S/C20H34N6O2.HI/c1-15-24-25-18(26(15)2)14-22-19(21-13-17-6-5-10-27-17)23-16-7-11-28-20(12-16)8-3-4-9-20;/h16-17H,3-14H2,1-2H3,(H2,21,22,23);1H. The lowest BCUT2D eigenvalue weighted by molar-refractivity contribution is -0.0815. The fourth-order valence-electron chi connectivity index (χ4n) is 4.62. The molecule has 164 valence electrons. The third-order valence-electron chi connectivity index (χ3n) is 6.43. The predicted octanol–water partition coefficient (Wildman–Crippen LogP) is 2.45. The van der Waals surface area contributed by atoms with Gasteiger partial charge in [0, 0.05) is 32.8 Å². The van der Waals surface area contributed by atoms with Gasteiger partial charge in [-0.2, -0.15) is 0 Å². The van der Waals surface area contributed by atoms with Crippen LogP contribution in [-0.2, 0) is 23.1 Å². The van der Waals surface area contributed by atoms with Crippen molar-refractivity contribution in [2.24, 2.45) is 12.0 Å². The fourth-order valence-corrected chi connectivity index (χ4v) is 4.62. The first kappa shape index (κ1) is 22.7. The van der Waals surface area contributed by atoms with Gasteiger partial charge in [-0.05, 0) is 45.4 Å². The van der Waals surface area contributed by atoms with E-state index in [1.54, 1.807) is 0 Å². The Morgan fingerprint density at radius 1 is 1.21 bits per heavy atom. The van der Waals surface area contributed by atoms with Crippen molar-refractivity contribution in [2.45, 2.75) is 82.6 Å². The lowest BCUT2D eigenvalue weighted by atomic mass is 9.89. The van der Waals surface area contributed by atoms with Crippen LogP contribution in [0, 0.1) is 6.92 Å². The molecule has 0 amide bonds. The van der Waals surface area contributed by atoms with Gasteiger partial charge in [0.25, 0.3) is 0 Å². The van der Waals surface area contributed by atoms with Crippen LogP contribution < -0.4 is 10.6 Å². The molecular weight excluding hydrogens is 483 g/mol. The molecule has 2 N–H and O–H groups in total. The average molecular weight is 518 g/mol. The number of ether oxygens (including phenoxy) is 2. The number of hydrogen-bond acceptors (Lipinski definition) is 5. The van der Waals surface area contributed by atoms with Crippen LogP contribution in [0.3, 0.4) is 0 Å². The molecule has 1 aromatic heterocycles. The van der Waals surface area contributed by atoms with Gasteiger partial charge in [0.1, 0.15) is 12.4 Å². The molecule has 4 rings (SSSR count). The summed E-state index contributed by atoms with van der Waals surface area (Å²) in [5.41, 5.74) is 0.0935. The quantitative estimate of drug-likeness (QED) is 0.354. The SMILES string of the molecule is Cc1nnc(CN=C(NCC2CCCO2)NC2CCOC3(CCCC3)C2)n1C.I. The highest BCUT2D eigenvalue weighted by molar-refractivity contribution is 14.0. The first-order valence-electron chi connectivity index (χ1n) is 10.8. The summed E-state index contributed by atoms with van der Waals surface area (Å²) in [6.07, 6.45) is 9.59. The summed E-state index contributed by atoms with van der Waals surface area (Å²) in [7, 11) is 1.98.